The zero-order valence-electron chi connectivity index (χ0n) is 11.6. The second-order valence-corrected chi connectivity index (χ2v) is 5.52. The van der Waals surface area contributed by atoms with Gasteiger partial charge in [-0.15, -0.1) is 0 Å². The van der Waals surface area contributed by atoms with Gasteiger partial charge in [-0.25, -0.2) is 4.79 Å². The van der Waals surface area contributed by atoms with E-state index in [2.05, 4.69) is 29.5 Å². The van der Waals surface area contributed by atoms with Gasteiger partial charge in [0.05, 0.1) is 0 Å². The number of hydrogen-bond acceptors (Lipinski definition) is 3. The van der Waals surface area contributed by atoms with Gasteiger partial charge in [0.1, 0.15) is 0 Å². The normalized spacial score (nSPS) is 16.2. The van der Waals surface area contributed by atoms with E-state index in [1.165, 1.54) is 0 Å². The van der Waals surface area contributed by atoms with Gasteiger partial charge in [0.2, 0.25) is 0 Å². The first-order valence-corrected chi connectivity index (χ1v) is 6.73. The van der Waals surface area contributed by atoms with Crippen molar-refractivity contribution < 1.29 is 4.79 Å². The summed E-state index contributed by atoms with van der Waals surface area (Å²) in [7, 11) is 0. The molecule has 1 saturated heterocycles. The molecule has 5 nitrogen and oxygen atoms in total. The maximum atomic E-state index is 12.0. The number of nitrogens with one attached hydrogen (secondary N) is 2. The molecule has 0 radical (unpaired) electrons. The van der Waals surface area contributed by atoms with Crippen LogP contribution in [-0.2, 0) is 5.41 Å². The van der Waals surface area contributed by atoms with Crippen molar-refractivity contribution in [2.24, 2.45) is 0 Å². The Morgan fingerprint density at radius 2 is 2.21 bits per heavy atom. The first-order valence-electron chi connectivity index (χ1n) is 6.73. The largest absolute Gasteiger partial charge is 0.337 e. The molecule has 0 aliphatic carbocycles. The lowest BCUT2D eigenvalue weighted by atomic mass is 9.86. The summed E-state index contributed by atoms with van der Waals surface area (Å²) < 4.78 is 0. The van der Waals surface area contributed by atoms with Crippen LogP contribution in [0.5, 0.6) is 0 Å². The number of urea groups is 1. The molecule has 1 aromatic rings. The number of carbonyl (C=O) groups excluding carboxylic acids is 1. The molecule has 1 aliphatic heterocycles. The number of amides is 2. The van der Waals surface area contributed by atoms with Crippen LogP contribution in [0.25, 0.3) is 0 Å². The highest BCUT2D eigenvalue weighted by molar-refractivity contribution is 5.74. The summed E-state index contributed by atoms with van der Waals surface area (Å²) in [4.78, 5) is 18.0. The van der Waals surface area contributed by atoms with Crippen LogP contribution >= 0.6 is 0 Å². The molecule has 1 aromatic heterocycles. The second kappa shape index (κ2) is 6.02. The van der Waals surface area contributed by atoms with Crippen LogP contribution in [0, 0.1) is 0 Å². The Balaban J connectivity index is 1.88. The van der Waals surface area contributed by atoms with Gasteiger partial charge in [-0.1, -0.05) is 19.9 Å². The SMILES string of the molecule is CC(C)(CNC(=O)N1CCNCC1)c1cccnc1. The Labute approximate surface area is 114 Å². The van der Waals surface area contributed by atoms with E-state index in [-0.39, 0.29) is 11.4 Å². The summed E-state index contributed by atoms with van der Waals surface area (Å²) in [6.45, 7) is 8.14. The van der Waals surface area contributed by atoms with Crippen LogP contribution in [0.1, 0.15) is 19.4 Å². The van der Waals surface area contributed by atoms with Crippen LogP contribution in [-0.4, -0.2) is 48.6 Å². The Kier molecular flexibility index (Phi) is 4.37. The number of aromatic nitrogens is 1. The second-order valence-electron chi connectivity index (χ2n) is 5.52. The molecule has 104 valence electrons. The molecule has 0 saturated carbocycles. The minimum Gasteiger partial charge on any atom is -0.337 e. The van der Waals surface area contributed by atoms with Crippen molar-refractivity contribution in [3.05, 3.63) is 30.1 Å². The fraction of sp³-hybridized carbons (Fsp3) is 0.571. The minimum atomic E-state index is -0.113. The smallest absolute Gasteiger partial charge is 0.317 e. The molecule has 0 unspecified atom stereocenters. The zero-order valence-corrected chi connectivity index (χ0v) is 11.6. The summed E-state index contributed by atoms with van der Waals surface area (Å²) in [5.74, 6) is 0. The predicted octanol–water partition coefficient (Wildman–Crippen LogP) is 0.974. The Morgan fingerprint density at radius 3 is 2.84 bits per heavy atom. The summed E-state index contributed by atoms with van der Waals surface area (Å²) in [6, 6.07) is 4.00. The predicted molar refractivity (Wildman–Crippen MR) is 75.1 cm³/mol. The lowest BCUT2D eigenvalue weighted by Crippen LogP contribution is -2.51. The van der Waals surface area contributed by atoms with Gasteiger partial charge in [0, 0.05) is 50.5 Å². The average Bonchev–Trinajstić information content (AvgIpc) is 2.47. The lowest BCUT2D eigenvalue weighted by molar-refractivity contribution is 0.188. The Bertz CT molecular complexity index is 413. The van der Waals surface area contributed by atoms with Gasteiger partial charge < -0.3 is 15.5 Å². The van der Waals surface area contributed by atoms with Crippen molar-refractivity contribution in [2.75, 3.05) is 32.7 Å². The van der Waals surface area contributed by atoms with E-state index in [4.69, 9.17) is 0 Å². The first kappa shape index (κ1) is 13.8. The molecular weight excluding hydrogens is 240 g/mol. The van der Waals surface area contributed by atoms with Crippen molar-refractivity contribution in [2.45, 2.75) is 19.3 Å². The van der Waals surface area contributed by atoms with E-state index >= 15 is 0 Å². The van der Waals surface area contributed by atoms with Gasteiger partial charge >= 0.3 is 6.03 Å². The molecule has 0 atom stereocenters. The quantitative estimate of drug-likeness (QED) is 0.853. The fourth-order valence-corrected chi connectivity index (χ4v) is 2.14. The third-order valence-electron chi connectivity index (χ3n) is 3.53. The molecule has 19 heavy (non-hydrogen) atoms. The molecule has 0 aromatic carbocycles. The van der Waals surface area contributed by atoms with E-state index in [1.807, 2.05) is 23.2 Å². The molecule has 2 rings (SSSR count). The molecule has 2 amide bonds. The zero-order chi connectivity index (χ0) is 13.7. The highest BCUT2D eigenvalue weighted by Gasteiger charge is 2.23. The van der Waals surface area contributed by atoms with Gasteiger partial charge in [0.15, 0.2) is 0 Å². The molecular formula is C14H22N4O. The molecule has 0 spiro atoms. The summed E-state index contributed by atoms with van der Waals surface area (Å²) in [5, 5.41) is 6.26. The van der Waals surface area contributed by atoms with Crippen molar-refractivity contribution in [1.82, 2.24) is 20.5 Å². The Morgan fingerprint density at radius 1 is 1.47 bits per heavy atom. The number of piperazine rings is 1. The van der Waals surface area contributed by atoms with Crippen LogP contribution in [0.3, 0.4) is 0 Å². The summed E-state index contributed by atoms with van der Waals surface area (Å²) in [6.07, 6.45) is 3.62. The molecule has 2 N–H and O–H groups in total. The highest BCUT2D eigenvalue weighted by Crippen LogP contribution is 2.20. The molecule has 2 heterocycles. The van der Waals surface area contributed by atoms with Crippen molar-refractivity contribution in [3.63, 3.8) is 0 Å². The van der Waals surface area contributed by atoms with Gasteiger partial charge in [-0.3, -0.25) is 4.98 Å². The number of carbonyl (C=O) groups is 1. The standard InChI is InChI=1S/C14H22N4O/c1-14(2,12-4-3-5-16-10-12)11-17-13(19)18-8-6-15-7-9-18/h3-5,10,15H,6-9,11H2,1-2H3,(H,17,19). The van der Waals surface area contributed by atoms with E-state index in [0.717, 1.165) is 31.7 Å². The van der Waals surface area contributed by atoms with E-state index in [9.17, 15) is 4.79 Å². The van der Waals surface area contributed by atoms with Crippen molar-refractivity contribution in [3.8, 4) is 0 Å². The number of hydrogen-bond donors (Lipinski definition) is 2. The lowest BCUT2D eigenvalue weighted by Gasteiger charge is -2.30. The average molecular weight is 262 g/mol. The van der Waals surface area contributed by atoms with Crippen LogP contribution < -0.4 is 10.6 Å². The summed E-state index contributed by atoms with van der Waals surface area (Å²) >= 11 is 0. The van der Waals surface area contributed by atoms with Crippen LogP contribution in [0.4, 0.5) is 4.79 Å². The minimum absolute atomic E-state index is 0.0264. The van der Waals surface area contributed by atoms with Gasteiger partial charge in [0.25, 0.3) is 0 Å². The maximum Gasteiger partial charge on any atom is 0.317 e. The topological polar surface area (TPSA) is 57.3 Å². The van der Waals surface area contributed by atoms with E-state index in [0.29, 0.717) is 6.54 Å². The van der Waals surface area contributed by atoms with E-state index < -0.39 is 0 Å². The highest BCUT2D eigenvalue weighted by atomic mass is 16.2. The van der Waals surface area contributed by atoms with Crippen molar-refractivity contribution in [1.29, 1.82) is 0 Å². The maximum absolute atomic E-state index is 12.0. The fourth-order valence-electron chi connectivity index (χ4n) is 2.14. The monoisotopic (exact) mass is 262 g/mol. The van der Waals surface area contributed by atoms with E-state index in [1.54, 1.807) is 6.20 Å². The van der Waals surface area contributed by atoms with Gasteiger partial charge in [-0.2, -0.15) is 0 Å². The van der Waals surface area contributed by atoms with Crippen LogP contribution in [0.15, 0.2) is 24.5 Å². The number of nitrogens with zero attached hydrogens (tertiary/aromatic N) is 2. The third kappa shape index (κ3) is 3.67. The van der Waals surface area contributed by atoms with Crippen LogP contribution in [0.2, 0.25) is 0 Å². The molecule has 1 aliphatic rings. The third-order valence-corrected chi connectivity index (χ3v) is 3.53. The number of rotatable bonds is 3. The first-order chi connectivity index (χ1) is 9.09. The van der Waals surface area contributed by atoms with Gasteiger partial charge in [-0.05, 0) is 11.6 Å². The molecule has 0 bridgehead atoms. The molecule has 5 heteroatoms. The summed E-state index contributed by atoms with van der Waals surface area (Å²) in [5.41, 5.74) is 1.02. The molecule has 1 fully saturated rings. The Hall–Kier alpha value is -1.62. The van der Waals surface area contributed by atoms with Crippen molar-refractivity contribution >= 4 is 6.03 Å². The number of pyridine rings is 1.